The van der Waals surface area contributed by atoms with Crippen molar-refractivity contribution in [1.29, 1.82) is 0 Å². The largest absolute Gasteiger partial charge is 0.370 e. The van der Waals surface area contributed by atoms with Gasteiger partial charge in [0, 0.05) is 17.0 Å². The van der Waals surface area contributed by atoms with Crippen LogP contribution in [0.2, 0.25) is 5.02 Å². The van der Waals surface area contributed by atoms with Crippen molar-refractivity contribution in [3.63, 3.8) is 0 Å². The first kappa shape index (κ1) is 22.8. The van der Waals surface area contributed by atoms with Gasteiger partial charge in [-0.05, 0) is 49.6 Å². The second-order valence-corrected chi connectivity index (χ2v) is 8.82. The number of hydrogen-bond acceptors (Lipinski definition) is 5. The number of amides is 1. The third-order valence-corrected chi connectivity index (χ3v) is 6.00. The molecule has 1 aliphatic rings. The highest BCUT2D eigenvalue weighted by atomic mass is 35.5. The Morgan fingerprint density at radius 2 is 1.97 bits per heavy atom. The number of rotatable bonds is 6. The topological polar surface area (TPSA) is 131 Å². The van der Waals surface area contributed by atoms with Gasteiger partial charge < -0.3 is 22.1 Å². The van der Waals surface area contributed by atoms with Crippen LogP contribution in [-0.4, -0.2) is 33.9 Å². The van der Waals surface area contributed by atoms with E-state index in [0.29, 0.717) is 22.9 Å². The average molecular weight is 466 g/mol. The minimum Gasteiger partial charge on any atom is -0.370 e. The molecule has 0 saturated heterocycles. The van der Waals surface area contributed by atoms with E-state index in [1.807, 2.05) is 43.3 Å². The van der Waals surface area contributed by atoms with Crippen molar-refractivity contribution in [1.82, 2.24) is 15.3 Å². The number of anilines is 1. The zero-order valence-electron chi connectivity index (χ0n) is 18.5. The minimum atomic E-state index is -0.357. The molecule has 2 aromatic carbocycles. The SMILES string of the molecule is Cc1ccc2nc(C(=O)NCc3cccc(Cl)c3)nc(NC3CCCCC3N=C(N)N)c2c1. The molecule has 0 radical (unpaired) electrons. The van der Waals surface area contributed by atoms with E-state index < -0.39 is 0 Å². The molecule has 4 rings (SSSR count). The van der Waals surface area contributed by atoms with E-state index in [2.05, 4.69) is 25.6 Å². The lowest BCUT2D eigenvalue weighted by atomic mass is 9.90. The number of carbonyl (C=O) groups excluding carboxylic acids is 1. The van der Waals surface area contributed by atoms with Crippen LogP contribution in [0.25, 0.3) is 10.9 Å². The molecule has 8 nitrogen and oxygen atoms in total. The molecule has 1 heterocycles. The van der Waals surface area contributed by atoms with Crippen LogP contribution in [0.3, 0.4) is 0 Å². The Kier molecular flexibility index (Phi) is 6.93. The van der Waals surface area contributed by atoms with Crippen molar-refractivity contribution < 1.29 is 4.79 Å². The number of aryl methyl sites for hydroxylation is 1. The van der Waals surface area contributed by atoms with Crippen molar-refractivity contribution >= 4 is 40.2 Å². The molecule has 1 fully saturated rings. The number of benzene rings is 2. The molecule has 0 spiro atoms. The molecule has 3 aromatic rings. The molecule has 2 atom stereocenters. The first-order chi connectivity index (χ1) is 15.9. The van der Waals surface area contributed by atoms with Crippen LogP contribution >= 0.6 is 11.6 Å². The van der Waals surface area contributed by atoms with Crippen LogP contribution in [0.5, 0.6) is 0 Å². The first-order valence-corrected chi connectivity index (χ1v) is 11.4. The lowest BCUT2D eigenvalue weighted by molar-refractivity contribution is 0.0941. The fourth-order valence-electron chi connectivity index (χ4n) is 4.16. The second kappa shape index (κ2) is 10.0. The summed E-state index contributed by atoms with van der Waals surface area (Å²) < 4.78 is 0. The monoisotopic (exact) mass is 465 g/mol. The number of nitrogens with zero attached hydrogens (tertiary/aromatic N) is 3. The summed E-state index contributed by atoms with van der Waals surface area (Å²) >= 11 is 6.04. The molecular formula is C24H28ClN7O. The fourth-order valence-corrected chi connectivity index (χ4v) is 4.38. The van der Waals surface area contributed by atoms with E-state index in [9.17, 15) is 4.79 Å². The van der Waals surface area contributed by atoms with E-state index in [4.69, 9.17) is 23.1 Å². The van der Waals surface area contributed by atoms with Gasteiger partial charge in [-0.2, -0.15) is 0 Å². The standard InChI is InChI=1S/C24H28ClN7O/c1-14-9-10-18-17(11-14)21(30-19-7-2-3-8-20(19)31-24(26)27)32-22(29-18)23(33)28-13-15-5-4-6-16(25)12-15/h4-6,9-12,19-20H,2-3,7-8,13H2,1H3,(H,28,33)(H4,26,27,31)(H,29,30,32). The second-order valence-electron chi connectivity index (χ2n) is 8.39. The predicted octanol–water partition coefficient (Wildman–Crippen LogP) is 3.52. The summed E-state index contributed by atoms with van der Waals surface area (Å²) in [5.41, 5.74) is 14.0. The van der Waals surface area contributed by atoms with Crippen molar-refractivity contribution in [3.8, 4) is 0 Å². The number of nitrogens with one attached hydrogen (secondary N) is 2. The molecule has 0 aliphatic heterocycles. The van der Waals surface area contributed by atoms with Gasteiger partial charge in [0.2, 0.25) is 5.82 Å². The van der Waals surface area contributed by atoms with Gasteiger partial charge in [-0.25, -0.2) is 15.0 Å². The predicted molar refractivity (Wildman–Crippen MR) is 132 cm³/mol. The lowest BCUT2D eigenvalue weighted by Crippen LogP contribution is -2.38. The Morgan fingerprint density at radius 1 is 1.15 bits per heavy atom. The van der Waals surface area contributed by atoms with Crippen LogP contribution in [-0.2, 0) is 6.54 Å². The Balaban J connectivity index is 1.63. The zero-order valence-corrected chi connectivity index (χ0v) is 19.3. The number of halogens is 1. The third kappa shape index (κ3) is 5.70. The van der Waals surface area contributed by atoms with Gasteiger partial charge in [0.1, 0.15) is 5.82 Å². The summed E-state index contributed by atoms with van der Waals surface area (Å²) in [5, 5.41) is 7.87. The smallest absolute Gasteiger partial charge is 0.289 e. The fraction of sp³-hybridized carbons (Fsp3) is 0.333. The molecule has 9 heteroatoms. The van der Waals surface area contributed by atoms with Crippen LogP contribution in [0, 0.1) is 6.92 Å². The summed E-state index contributed by atoms with van der Waals surface area (Å²) in [6, 6.07) is 13.2. The number of nitrogens with two attached hydrogens (primary N) is 2. The third-order valence-electron chi connectivity index (χ3n) is 5.76. The highest BCUT2D eigenvalue weighted by molar-refractivity contribution is 6.30. The van der Waals surface area contributed by atoms with E-state index in [-0.39, 0.29) is 29.8 Å². The number of hydrogen-bond donors (Lipinski definition) is 4. The number of aliphatic imine (C=N–C) groups is 1. The minimum absolute atomic E-state index is 0.0156. The first-order valence-electron chi connectivity index (χ1n) is 11.1. The maximum Gasteiger partial charge on any atom is 0.289 e. The lowest BCUT2D eigenvalue weighted by Gasteiger charge is -2.30. The molecule has 1 aromatic heterocycles. The molecule has 172 valence electrons. The van der Waals surface area contributed by atoms with Crippen LogP contribution in [0.1, 0.15) is 47.4 Å². The summed E-state index contributed by atoms with van der Waals surface area (Å²) in [6.45, 7) is 2.34. The molecule has 0 bridgehead atoms. The van der Waals surface area contributed by atoms with Gasteiger partial charge in [-0.3, -0.25) is 4.79 Å². The van der Waals surface area contributed by atoms with Crippen molar-refractivity contribution in [2.24, 2.45) is 16.5 Å². The van der Waals surface area contributed by atoms with E-state index in [0.717, 1.165) is 42.2 Å². The van der Waals surface area contributed by atoms with E-state index in [1.54, 1.807) is 6.07 Å². The molecule has 1 aliphatic carbocycles. The molecule has 2 unspecified atom stereocenters. The zero-order chi connectivity index (χ0) is 23.4. The van der Waals surface area contributed by atoms with Gasteiger partial charge in [0.25, 0.3) is 5.91 Å². The van der Waals surface area contributed by atoms with Gasteiger partial charge in [-0.1, -0.05) is 48.2 Å². The van der Waals surface area contributed by atoms with Crippen LogP contribution in [0.4, 0.5) is 5.82 Å². The summed E-state index contributed by atoms with van der Waals surface area (Å²) in [4.78, 5) is 26.5. The van der Waals surface area contributed by atoms with Crippen molar-refractivity contribution in [2.75, 3.05) is 5.32 Å². The van der Waals surface area contributed by atoms with Crippen molar-refractivity contribution in [3.05, 3.63) is 64.4 Å². The number of guanidine groups is 1. The molecular weight excluding hydrogens is 438 g/mol. The highest BCUT2D eigenvalue weighted by Crippen LogP contribution is 2.28. The summed E-state index contributed by atoms with van der Waals surface area (Å²) in [5.74, 6) is 0.437. The Hall–Kier alpha value is -3.39. The van der Waals surface area contributed by atoms with Crippen molar-refractivity contribution in [2.45, 2.75) is 51.2 Å². The Morgan fingerprint density at radius 3 is 2.76 bits per heavy atom. The molecule has 1 amide bonds. The maximum absolute atomic E-state index is 12.9. The molecule has 33 heavy (non-hydrogen) atoms. The maximum atomic E-state index is 12.9. The summed E-state index contributed by atoms with van der Waals surface area (Å²) in [7, 11) is 0. The van der Waals surface area contributed by atoms with E-state index in [1.165, 1.54) is 0 Å². The normalized spacial score (nSPS) is 18.0. The Labute approximate surface area is 197 Å². The number of fused-ring (bicyclic) bond motifs is 1. The Bertz CT molecular complexity index is 1190. The van der Waals surface area contributed by atoms with Crippen LogP contribution in [0.15, 0.2) is 47.5 Å². The van der Waals surface area contributed by atoms with Gasteiger partial charge in [-0.15, -0.1) is 0 Å². The average Bonchev–Trinajstić information content (AvgIpc) is 2.78. The quantitative estimate of drug-likeness (QED) is 0.325. The molecule has 1 saturated carbocycles. The van der Waals surface area contributed by atoms with Crippen LogP contribution < -0.4 is 22.1 Å². The number of carbonyl (C=O) groups is 1. The van der Waals surface area contributed by atoms with Gasteiger partial charge in [0.05, 0.1) is 17.6 Å². The molecule has 6 N–H and O–H groups in total. The van der Waals surface area contributed by atoms with Gasteiger partial charge >= 0.3 is 0 Å². The number of aromatic nitrogens is 2. The van der Waals surface area contributed by atoms with E-state index >= 15 is 0 Å². The highest BCUT2D eigenvalue weighted by Gasteiger charge is 2.26. The summed E-state index contributed by atoms with van der Waals surface area (Å²) in [6.07, 6.45) is 3.95. The van der Waals surface area contributed by atoms with Gasteiger partial charge in [0.15, 0.2) is 5.96 Å².